The number of fused-ring (bicyclic) bond motifs is 1. The molecule has 0 radical (unpaired) electrons. The van der Waals surface area contributed by atoms with E-state index in [1.165, 1.54) is 5.56 Å². The lowest BCUT2D eigenvalue weighted by Crippen LogP contribution is -2.11. The van der Waals surface area contributed by atoms with Gasteiger partial charge in [0.15, 0.2) is 0 Å². The lowest BCUT2D eigenvalue weighted by atomic mass is 9.96. The molecule has 0 unspecified atom stereocenters. The number of aromatic amines is 1. The molecule has 1 heterocycles. The Morgan fingerprint density at radius 2 is 2.11 bits per heavy atom. The molecule has 1 aliphatic carbocycles. The first kappa shape index (κ1) is 11.5. The summed E-state index contributed by atoms with van der Waals surface area (Å²) in [5, 5.41) is 10.4. The summed E-state index contributed by atoms with van der Waals surface area (Å²) in [6, 6.07) is 8.05. The fraction of sp³-hybridized carbons (Fsp3) is 0.400. The highest BCUT2D eigenvalue weighted by Crippen LogP contribution is 2.47. The minimum atomic E-state index is -0.0238. The molecule has 1 fully saturated rings. The number of aliphatic hydroxyl groups is 1. The molecule has 3 rings (SSSR count). The Morgan fingerprint density at radius 1 is 1.33 bits per heavy atom. The van der Waals surface area contributed by atoms with Crippen LogP contribution in [0.4, 0.5) is 0 Å². The average molecular weight is 243 g/mol. The van der Waals surface area contributed by atoms with Crippen LogP contribution >= 0.6 is 0 Å². The normalized spacial score (nSPS) is 17.0. The summed E-state index contributed by atoms with van der Waals surface area (Å²) >= 11 is 0. The van der Waals surface area contributed by atoms with Gasteiger partial charge in [0.2, 0.25) is 0 Å². The molecule has 0 bridgehead atoms. The van der Waals surface area contributed by atoms with Crippen molar-refractivity contribution in [1.29, 1.82) is 0 Å². The lowest BCUT2D eigenvalue weighted by molar-refractivity contribution is 0.211. The minimum Gasteiger partial charge on any atom is -0.396 e. The van der Waals surface area contributed by atoms with Crippen LogP contribution in [0.2, 0.25) is 0 Å². The van der Waals surface area contributed by atoms with Crippen LogP contribution in [-0.2, 0) is 6.42 Å². The van der Waals surface area contributed by atoms with Crippen molar-refractivity contribution in [2.75, 3.05) is 6.61 Å². The highest BCUT2D eigenvalue weighted by Gasteiger charge is 2.41. The largest absolute Gasteiger partial charge is 0.396 e. The third-order valence-corrected chi connectivity index (χ3v) is 3.97. The second-order valence-corrected chi connectivity index (χ2v) is 5.54. The van der Waals surface area contributed by atoms with Crippen LogP contribution in [0.5, 0.6) is 0 Å². The Morgan fingerprint density at radius 3 is 2.78 bits per heavy atom. The maximum absolute atomic E-state index is 11.5. The van der Waals surface area contributed by atoms with E-state index in [4.69, 9.17) is 0 Å². The molecular weight excluding hydrogens is 226 g/mol. The van der Waals surface area contributed by atoms with Crippen LogP contribution in [0.1, 0.15) is 24.0 Å². The molecule has 0 aliphatic heterocycles. The van der Waals surface area contributed by atoms with E-state index in [2.05, 4.69) is 11.1 Å². The summed E-state index contributed by atoms with van der Waals surface area (Å²) in [6.07, 6.45) is 3.16. The molecule has 2 aromatic rings. The lowest BCUT2D eigenvalue weighted by Gasteiger charge is -2.12. The molecule has 1 aromatic carbocycles. The van der Waals surface area contributed by atoms with Crippen molar-refractivity contribution in [1.82, 2.24) is 4.98 Å². The van der Waals surface area contributed by atoms with Crippen molar-refractivity contribution >= 4 is 10.9 Å². The van der Waals surface area contributed by atoms with Crippen LogP contribution < -0.4 is 5.56 Å². The molecule has 3 nitrogen and oxygen atoms in total. The quantitative estimate of drug-likeness (QED) is 0.868. The van der Waals surface area contributed by atoms with E-state index in [-0.39, 0.29) is 17.6 Å². The number of pyridine rings is 1. The van der Waals surface area contributed by atoms with Crippen molar-refractivity contribution < 1.29 is 5.11 Å². The minimum absolute atomic E-state index is 0.0238. The molecule has 0 amide bonds. The van der Waals surface area contributed by atoms with Crippen molar-refractivity contribution in [2.24, 2.45) is 5.41 Å². The van der Waals surface area contributed by atoms with E-state index in [1.807, 2.05) is 25.1 Å². The van der Waals surface area contributed by atoms with Gasteiger partial charge in [-0.05, 0) is 60.7 Å². The van der Waals surface area contributed by atoms with Gasteiger partial charge in [0, 0.05) is 17.7 Å². The second kappa shape index (κ2) is 3.95. The first-order chi connectivity index (χ1) is 8.62. The zero-order chi connectivity index (χ0) is 12.8. The van der Waals surface area contributed by atoms with Crippen LogP contribution in [0.25, 0.3) is 10.9 Å². The zero-order valence-corrected chi connectivity index (χ0v) is 10.5. The third-order valence-electron chi connectivity index (χ3n) is 3.97. The summed E-state index contributed by atoms with van der Waals surface area (Å²) in [7, 11) is 0. The Bertz CT molecular complexity index is 653. The van der Waals surface area contributed by atoms with Gasteiger partial charge in [-0.15, -0.1) is 0 Å². The Balaban J connectivity index is 2.00. The summed E-state index contributed by atoms with van der Waals surface area (Å²) in [5.41, 5.74) is 2.96. The third kappa shape index (κ3) is 1.95. The molecule has 0 spiro atoms. The molecule has 0 atom stereocenters. The van der Waals surface area contributed by atoms with Crippen molar-refractivity contribution in [3.05, 3.63) is 45.7 Å². The van der Waals surface area contributed by atoms with Crippen molar-refractivity contribution in [2.45, 2.75) is 26.2 Å². The fourth-order valence-electron chi connectivity index (χ4n) is 2.48. The van der Waals surface area contributed by atoms with Gasteiger partial charge < -0.3 is 10.1 Å². The van der Waals surface area contributed by atoms with E-state index in [1.54, 1.807) is 0 Å². The highest BCUT2D eigenvalue weighted by atomic mass is 16.3. The van der Waals surface area contributed by atoms with E-state index < -0.39 is 0 Å². The Hall–Kier alpha value is -1.61. The number of benzene rings is 1. The topological polar surface area (TPSA) is 53.1 Å². The maximum atomic E-state index is 11.5. The number of hydrogen-bond donors (Lipinski definition) is 2. The average Bonchev–Trinajstić information content (AvgIpc) is 3.12. The molecule has 1 saturated carbocycles. The predicted octanol–water partition coefficient (Wildman–Crippen LogP) is 2.15. The number of aryl methyl sites for hydroxylation is 1. The van der Waals surface area contributed by atoms with Crippen molar-refractivity contribution in [3.63, 3.8) is 0 Å². The van der Waals surface area contributed by atoms with Gasteiger partial charge in [-0.25, -0.2) is 0 Å². The monoisotopic (exact) mass is 243 g/mol. The first-order valence-corrected chi connectivity index (χ1v) is 6.35. The van der Waals surface area contributed by atoms with Crippen LogP contribution in [0, 0.1) is 12.3 Å². The molecule has 1 aromatic heterocycles. The summed E-state index contributed by atoms with van der Waals surface area (Å²) in [6.45, 7) is 2.09. The molecule has 94 valence electrons. The van der Waals surface area contributed by atoms with Crippen molar-refractivity contribution in [3.8, 4) is 0 Å². The van der Waals surface area contributed by atoms with Crippen LogP contribution in [0.3, 0.4) is 0 Å². The fourth-order valence-corrected chi connectivity index (χ4v) is 2.48. The Kier molecular flexibility index (Phi) is 2.52. The van der Waals surface area contributed by atoms with Gasteiger partial charge in [-0.1, -0.05) is 6.07 Å². The second-order valence-electron chi connectivity index (χ2n) is 5.54. The van der Waals surface area contributed by atoms with Gasteiger partial charge in [-0.2, -0.15) is 0 Å². The SMILES string of the molecule is Cc1cc2cc(CC3(CO)CC3)ccc2[nH]c1=O. The van der Waals surface area contributed by atoms with E-state index in [0.717, 1.165) is 35.7 Å². The van der Waals surface area contributed by atoms with E-state index in [9.17, 15) is 9.90 Å². The summed E-state index contributed by atoms with van der Waals surface area (Å²) in [5.74, 6) is 0. The smallest absolute Gasteiger partial charge is 0.251 e. The number of H-pyrrole nitrogens is 1. The van der Waals surface area contributed by atoms with Gasteiger partial charge in [0.25, 0.3) is 5.56 Å². The molecule has 0 saturated heterocycles. The number of aliphatic hydroxyl groups excluding tert-OH is 1. The van der Waals surface area contributed by atoms with Crippen LogP contribution in [0.15, 0.2) is 29.1 Å². The van der Waals surface area contributed by atoms with Gasteiger partial charge in [0.1, 0.15) is 0 Å². The highest BCUT2D eigenvalue weighted by molar-refractivity contribution is 5.79. The number of hydrogen-bond acceptors (Lipinski definition) is 2. The van der Waals surface area contributed by atoms with Gasteiger partial charge in [0.05, 0.1) is 0 Å². The number of nitrogens with one attached hydrogen (secondary N) is 1. The molecule has 2 N–H and O–H groups in total. The number of aromatic nitrogens is 1. The molecule has 3 heteroatoms. The predicted molar refractivity (Wildman–Crippen MR) is 71.8 cm³/mol. The van der Waals surface area contributed by atoms with E-state index >= 15 is 0 Å². The zero-order valence-electron chi connectivity index (χ0n) is 10.5. The number of rotatable bonds is 3. The molecule has 1 aliphatic rings. The molecular formula is C15H17NO2. The van der Waals surface area contributed by atoms with Crippen LogP contribution in [-0.4, -0.2) is 16.7 Å². The molecule has 18 heavy (non-hydrogen) atoms. The summed E-state index contributed by atoms with van der Waals surface area (Å²) < 4.78 is 0. The van der Waals surface area contributed by atoms with Gasteiger partial charge in [-0.3, -0.25) is 4.79 Å². The standard InChI is InChI=1S/C15H17NO2/c1-10-6-12-7-11(8-15(9-17)4-5-15)2-3-13(12)16-14(10)18/h2-3,6-7,17H,4-5,8-9H2,1H3,(H,16,18). The summed E-state index contributed by atoms with van der Waals surface area (Å²) in [4.78, 5) is 14.4. The van der Waals surface area contributed by atoms with E-state index in [0.29, 0.717) is 0 Å². The first-order valence-electron chi connectivity index (χ1n) is 6.35. The Labute approximate surface area is 105 Å². The van der Waals surface area contributed by atoms with Gasteiger partial charge >= 0.3 is 0 Å². The maximum Gasteiger partial charge on any atom is 0.251 e.